The van der Waals surface area contributed by atoms with Gasteiger partial charge < -0.3 is 19.1 Å². The van der Waals surface area contributed by atoms with E-state index in [1.54, 1.807) is 0 Å². The zero-order valence-corrected chi connectivity index (χ0v) is 13.9. The van der Waals surface area contributed by atoms with Gasteiger partial charge in [0.25, 0.3) is 0 Å². The second-order valence-electron chi connectivity index (χ2n) is 6.80. The molecule has 6 nitrogen and oxygen atoms in total. The molecule has 2 aromatic rings. The van der Waals surface area contributed by atoms with Crippen molar-refractivity contribution >= 4 is 17.0 Å². The third-order valence-corrected chi connectivity index (χ3v) is 4.01. The van der Waals surface area contributed by atoms with Crippen LogP contribution < -0.4 is 9.47 Å². The van der Waals surface area contributed by atoms with Crippen molar-refractivity contribution in [2.45, 2.75) is 45.6 Å². The van der Waals surface area contributed by atoms with E-state index in [0.29, 0.717) is 31.1 Å². The lowest BCUT2D eigenvalue weighted by Gasteiger charge is -2.24. The van der Waals surface area contributed by atoms with Gasteiger partial charge in [0, 0.05) is 17.5 Å². The Hall–Kier alpha value is -2.24. The fourth-order valence-electron chi connectivity index (χ4n) is 2.94. The first-order valence-corrected chi connectivity index (χ1v) is 7.87. The number of aromatic nitrogens is 2. The van der Waals surface area contributed by atoms with Crippen molar-refractivity contribution in [3.8, 4) is 11.5 Å². The molecule has 1 aliphatic heterocycles. The molecular weight excluding hydrogens is 296 g/mol. The molecular formula is C17H22N2O4. The molecule has 1 N–H and O–H groups in total. The number of fused-ring (bicyclic) bond motifs is 2. The molecule has 6 heteroatoms. The van der Waals surface area contributed by atoms with Gasteiger partial charge in [-0.3, -0.25) is 0 Å². The van der Waals surface area contributed by atoms with Crippen molar-refractivity contribution in [3.05, 3.63) is 18.0 Å². The van der Waals surface area contributed by atoms with Crippen molar-refractivity contribution in [2.75, 3.05) is 13.2 Å². The summed E-state index contributed by atoms with van der Waals surface area (Å²) in [6.45, 7) is 8.98. The average Bonchev–Trinajstić information content (AvgIpc) is 2.84. The highest BCUT2D eigenvalue weighted by Gasteiger charge is 2.30. The van der Waals surface area contributed by atoms with Gasteiger partial charge in [-0.2, -0.15) is 0 Å². The lowest BCUT2D eigenvalue weighted by molar-refractivity contribution is -0.141. The van der Waals surface area contributed by atoms with E-state index in [1.807, 2.05) is 44.4 Å². The number of nitrogens with zero attached hydrogens (tertiary/aromatic N) is 2. The molecule has 1 unspecified atom stereocenters. The molecule has 0 saturated heterocycles. The Labute approximate surface area is 135 Å². The molecule has 23 heavy (non-hydrogen) atoms. The molecule has 1 aromatic carbocycles. The number of carboxylic acids is 1. The smallest absolute Gasteiger partial charge is 0.326 e. The van der Waals surface area contributed by atoms with Gasteiger partial charge in [0.2, 0.25) is 0 Å². The Morgan fingerprint density at radius 2 is 1.91 bits per heavy atom. The zero-order chi connectivity index (χ0) is 16.8. The predicted molar refractivity (Wildman–Crippen MR) is 86.4 cm³/mol. The Morgan fingerprint density at radius 3 is 2.43 bits per heavy atom. The number of benzene rings is 1. The number of carboxylic acid groups (broad SMARTS) is 1. The van der Waals surface area contributed by atoms with E-state index in [0.717, 1.165) is 16.9 Å². The van der Waals surface area contributed by atoms with Gasteiger partial charge >= 0.3 is 5.97 Å². The third-order valence-electron chi connectivity index (χ3n) is 4.01. The molecule has 3 rings (SSSR count). The summed E-state index contributed by atoms with van der Waals surface area (Å²) in [7, 11) is 0. The summed E-state index contributed by atoms with van der Waals surface area (Å²) in [5.74, 6) is 1.21. The first kappa shape index (κ1) is 15.6. The summed E-state index contributed by atoms with van der Waals surface area (Å²) in [5, 5.41) is 9.63. The van der Waals surface area contributed by atoms with E-state index >= 15 is 0 Å². The van der Waals surface area contributed by atoms with Crippen LogP contribution in [0.4, 0.5) is 0 Å². The van der Waals surface area contributed by atoms with Crippen LogP contribution in [-0.4, -0.2) is 33.8 Å². The highest BCUT2D eigenvalue weighted by molar-refractivity contribution is 5.84. The lowest BCUT2D eigenvalue weighted by Crippen LogP contribution is -2.26. The molecule has 0 spiro atoms. The quantitative estimate of drug-likeness (QED) is 0.941. The highest BCUT2D eigenvalue weighted by Crippen LogP contribution is 2.38. The van der Waals surface area contributed by atoms with Gasteiger partial charge in [0.05, 0.1) is 11.0 Å². The van der Waals surface area contributed by atoms with Crippen LogP contribution in [0.2, 0.25) is 0 Å². The van der Waals surface area contributed by atoms with Crippen LogP contribution in [0, 0.1) is 0 Å². The van der Waals surface area contributed by atoms with E-state index in [2.05, 4.69) is 0 Å². The monoisotopic (exact) mass is 318 g/mol. The van der Waals surface area contributed by atoms with E-state index in [9.17, 15) is 9.90 Å². The Morgan fingerprint density at radius 1 is 1.30 bits per heavy atom. The van der Waals surface area contributed by atoms with E-state index in [-0.39, 0.29) is 5.41 Å². The summed E-state index contributed by atoms with van der Waals surface area (Å²) in [5.41, 5.74) is 1.23. The van der Waals surface area contributed by atoms with Crippen LogP contribution in [0.15, 0.2) is 12.1 Å². The number of rotatable bonds is 3. The molecule has 124 valence electrons. The molecule has 0 aliphatic carbocycles. The fourth-order valence-corrected chi connectivity index (χ4v) is 2.94. The van der Waals surface area contributed by atoms with Crippen LogP contribution in [-0.2, 0) is 10.2 Å². The van der Waals surface area contributed by atoms with E-state index < -0.39 is 12.0 Å². The molecule has 1 aromatic heterocycles. The van der Waals surface area contributed by atoms with Crippen molar-refractivity contribution in [1.29, 1.82) is 0 Å². The average molecular weight is 318 g/mol. The van der Waals surface area contributed by atoms with Crippen LogP contribution >= 0.6 is 0 Å². The second kappa shape index (κ2) is 5.44. The number of carbonyl (C=O) groups is 1. The predicted octanol–water partition coefficient (Wildman–Crippen LogP) is 3.14. The molecule has 0 bridgehead atoms. The fraction of sp³-hybridized carbons (Fsp3) is 0.529. The minimum atomic E-state index is -0.854. The zero-order valence-electron chi connectivity index (χ0n) is 13.9. The minimum absolute atomic E-state index is 0.274. The number of aliphatic carboxylic acids is 1. The van der Waals surface area contributed by atoms with Crippen LogP contribution in [0.25, 0.3) is 11.0 Å². The Balaban J connectivity index is 2.30. The van der Waals surface area contributed by atoms with Crippen molar-refractivity contribution in [3.63, 3.8) is 0 Å². The Bertz CT molecular complexity index is 758. The van der Waals surface area contributed by atoms with Crippen LogP contribution in [0.1, 0.15) is 46.0 Å². The van der Waals surface area contributed by atoms with Gasteiger partial charge in [-0.15, -0.1) is 0 Å². The van der Waals surface area contributed by atoms with Crippen molar-refractivity contribution < 1.29 is 19.4 Å². The van der Waals surface area contributed by atoms with Gasteiger partial charge in [0.15, 0.2) is 11.5 Å². The molecule has 2 heterocycles. The number of hydrogen-bond acceptors (Lipinski definition) is 4. The second-order valence-corrected chi connectivity index (χ2v) is 6.80. The molecule has 1 atom stereocenters. The summed E-state index contributed by atoms with van der Waals surface area (Å²) in [6, 6.07) is 3.03. The maximum atomic E-state index is 11.7. The summed E-state index contributed by atoms with van der Waals surface area (Å²) in [4.78, 5) is 16.4. The van der Waals surface area contributed by atoms with Crippen molar-refractivity contribution in [2.24, 2.45) is 0 Å². The number of imidazole rings is 1. The standard InChI is InChI=1S/C17H22N2O4/c1-5-11(15(20)21)19-12-9-14-13(22-6-7-23-14)8-10(12)18-16(19)17(2,3)4/h8-9,11H,5-7H2,1-4H3,(H,20,21). The molecule has 0 radical (unpaired) electrons. The normalized spacial score (nSPS) is 15.7. The maximum Gasteiger partial charge on any atom is 0.326 e. The van der Waals surface area contributed by atoms with Crippen LogP contribution in [0.3, 0.4) is 0 Å². The first-order chi connectivity index (χ1) is 10.8. The van der Waals surface area contributed by atoms with Crippen LogP contribution in [0.5, 0.6) is 11.5 Å². The van der Waals surface area contributed by atoms with Gasteiger partial charge in [-0.25, -0.2) is 9.78 Å². The largest absolute Gasteiger partial charge is 0.486 e. The third kappa shape index (κ3) is 2.62. The Kier molecular flexibility index (Phi) is 3.70. The van der Waals surface area contributed by atoms with Gasteiger partial charge in [-0.05, 0) is 6.42 Å². The molecule has 0 saturated carbocycles. The van der Waals surface area contributed by atoms with Gasteiger partial charge in [0.1, 0.15) is 25.1 Å². The molecule has 0 amide bonds. The van der Waals surface area contributed by atoms with E-state index in [1.165, 1.54) is 0 Å². The summed E-state index contributed by atoms with van der Waals surface area (Å²) in [6.07, 6.45) is 0.484. The van der Waals surface area contributed by atoms with Crippen molar-refractivity contribution in [1.82, 2.24) is 9.55 Å². The highest BCUT2D eigenvalue weighted by atomic mass is 16.6. The van der Waals surface area contributed by atoms with Gasteiger partial charge in [-0.1, -0.05) is 27.7 Å². The number of hydrogen-bond donors (Lipinski definition) is 1. The first-order valence-electron chi connectivity index (χ1n) is 7.87. The minimum Gasteiger partial charge on any atom is -0.486 e. The SMILES string of the molecule is CCC(C(=O)O)n1c(C(C)(C)C)nc2cc3c(cc21)OCCO3. The lowest BCUT2D eigenvalue weighted by atomic mass is 9.95. The summed E-state index contributed by atoms with van der Waals surface area (Å²) >= 11 is 0. The number of ether oxygens (including phenoxy) is 2. The molecule has 0 fully saturated rings. The molecule has 1 aliphatic rings. The summed E-state index contributed by atoms with van der Waals surface area (Å²) < 4.78 is 13.1. The maximum absolute atomic E-state index is 11.7. The topological polar surface area (TPSA) is 73.6 Å². The van der Waals surface area contributed by atoms with E-state index in [4.69, 9.17) is 14.5 Å².